The van der Waals surface area contributed by atoms with Gasteiger partial charge in [-0.1, -0.05) is 23.4 Å². The van der Waals surface area contributed by atoms with E-state index in [0.717, 1.165) is 12.0 Å². The number of carbonyl (C=O) groups is 1. The van der Waals surface area contributed by atoms with Gasteiger partial charge in [-0.05, 0) is 57.0 Å². The Balaban J connectivity index is 1.42. The maximum atomic E-state index is 11.6. The van der Waals surface area contributed by atoms with Gasteiger partial charge in [-0.2, -0.15) is 5.26 Å². The number of carboxylic acid groups (broad SMARTS) is 1. The van der Waals surface area contributed by atoms with Crippen molar-refractivity contribution in [3.8, 4) is 28.7 Å². The van der Waals surface area contributed by atoms with Crippen LogP contribution < -0.4 is 10.2 Å². The van der Waals surface area contributed by atoms with Gasteiger partial charge in [-0.15, -0.1) is 5.10 Å². The van der Waals surface area contributed by atoms with Crippen LogP contribution in [0.3, 0.4) is 0 Å². The minimum absolute atomic E-state index is 0.225. The third-order valence-corrected chi connectivity index (χ3v) is 6.44. The molecule has 4 heterocycles. The fourth-order valence-electron chi connectivity index (χ4n) is 4.52. The van der Waals surface area contributed by atoms with Crippen LogP contribution in [0, 0.1) is 11.3 Å². The molecule has 1 saturated heterocycles. The first-order valence-electron chi connectivity index (χ1n) is 12.9. The lowest BCUT2D eigenvalue weighted by Gasteiger charge is -2.22. The molecule has 1 fully saturated rings. The molecule has 3 N–H and O–H groups in total. The quantitative estimate of drug-likeness (QED) is 0.286. The van der Waals surface area contributed by atoms with Crippen LogP contribution in [0.4, 0.5) is 11.8 Å². The zero-order chi connectivity index (χ0) is 28.3. The molecular formula is C28H29N9O3. The van der Waals surface area contributed by atoms with Gasteiger partial charge in [-0.25, -0.2) is 24.4 Å². The summed E-state index contributed by atoms with van der Waals surface area (Å²) in [5, 5.41) is 40.7. The summed E-state index contributed by atoms with van der Waals surface area (Å²) in [7, 11) is 0. The first-order valence-corrected chi connectivity index (χ1v) is 12.9. The van der Waals surface area contributed by atoms with Crippen LogP contribution in [-0.4, -0.2) is 70.9 Å². The predicted octanol–water partition coefficient (Wildman–Crippen LogP) is 2.95. The van der Waals surface area contributed by atoms with Gasteiger partial charge in [0.05, 0.1) is 47.1 Å². The van der Waals surface area contributed by atoms with Gasteiger partial charge >= 0.3 is 5.97 Å². The molecule has 0 spiro atoms. The van der Waals surface area contributed by atoms with Crippen LogP contribution in [0.1, 0.15) is 37.9 Å². The Kier molecular flexibility index (Phi) is 7.39. The molecular weight excluding hydrogens is 510 g/mol. The van der Waals surface area contributed by atoms with Gasteiger partial charge < -0.3 is 20.4 Å². The van der Waals surface area contributed by atoms with Crippen LogP contribution in [0.15, 0.2) is 54.7 Å². The van der Waals surface area contributed by atoms with E-state index < -0.39 is 17.6 Å². The normalized spacial score (nSPS) is 15.2. The molecule has 0 saturated carbocycles. The maximum Gasteiger partial charge on any atom is 0.326 e. The van der Waals surface area contributed by atoms with E-state index in [0.29, 0.717) is 59.6 Å². The SMILES string of the molecule is CC(C)(O)CNc1nc(-c2cccc(C#N)c2)cc(-c2cn(Cc3cccc(N4CCCC4C(=O)O)n3)nn2)n1. The van der Waals surface area contributed by atoms with Crippen molar-refractivity contribution in [1.82, 2.24) is 29.9 Å². The minimum atomic E-state index is -0.982. The molecule has 1 unspecified atom stereocenters. The van der Waals surface area contributed by atoms with Crippen molar-refractivity contribution in [3.63, 3.8) is 0 Å². The summed E-state index contributed by atoms with van der Waals surface area (Å²) >= 11 is 0. The number of aliphatic carboxylic acids is 1. The Morgan fingerprint density at radius 2 is 1.93 bits per heavy atom. The first kappa shape index (κ1) is 26.7. The van der Waals surface area contributed by atoms with Crippen molar-refractivity contribution in [2.75, 3.05) is 23.3 Å². The molecule has 12 nitrogen and oxygen atoms in total. The highest BCUT2D eigenvalue weighted by atomic mass is 16.4. The number of hydrogen-bond donors (Lipinski definition) is 3. The third kappa shape index (κ3) is 6.22. The molecule has 204 valence electrons. The molecule has 3 aromatic heterocycles. The molecule has 4 aromatic rings. The highest BCUT2D eigenvalue weighted by Crippen LogP contribution is 2.26. The standard InChI is InChI=1S/C28H29N9O3/c1-28(2,40)17-30-27-32-21(19-7-3-6-18(12-19)14-29)13-22(33-27)23-16-36(35-34-23)15-20-8-4-10-25(31-20)37-11-5-9-24(37)26(38)39/h3-4,6-8,10,12-13,16,24,40H,5,9,11,15,17H2,1-2H3,(H,38,39)(H,30,32,33). The number of nitrogens with zero attached hydrogens (tertiary/aromatic N) is 8. The summed E-state index contributed by atoms with van der Waals surface area (Å²) < 4.78 is 1.64. The molecule has 0 amide bonds. The summed E-state index contributed by atoms with van der Waals surface area (Å²) in [5.41, 5.74) is 2.59. The average molecular weight is 540 g/mol. The topological polar surface area (TPSA) is 166 Å². The van der Waals surface area contributed by atoms with Gasteiger partial charge in [0.1, 0.15) is 17.6 Å². The van der Waals surface area contributed by atoms with E-state index >= 15 is 0 Å². The molecule has 1 aliphatic rings. The minimum Gasteiger partial charge on any atom is -0.480 e. The molecule has 5 rings (SSSR count). The number of benzene rings is 1. The van der Waals surface area contributed by atoms with Crippen molar-refractivity contribution in [3.05, 3.63) is 66.0 Å². The predicted molar refractivity (Wildman–Crippen MR) is 147 cm³/mol. The molecule has 0 radical (unpaired) electrons. The summed E-state index contributed by atoms with van der Waals surface area (Å²) in [6.45, 7) is 4.57. The van der Waals surface area contributed by atoms with E-state index in [1.54, 1.807) is 49.0 Å². The van der Waals surface area contributed by atoms with Gasteiger partial charge in [0.25, 0.3) is 0 Å². The molecule has 1 aromatic carbocycles. The van der Waals surface area contributed by atoms with E-state index in [2.05, 4.69) is 36.7 Å². The second kappa shape index (κ2) is 11.1. The Hall–Kier alpha value is -4.89. The Morgan fingerprint density at radius 3 is 2.70 bits per heavy atom. The fraction of sp³-hybridized carbons (Fsp3) is 0.321. The average Bonchev–Trinajstić information content (AvgIpc) is 3.62. The van der Waals surface area contributed by atoms with Crippen LogP contribution in [-0.2, 0) is 11.3 Å². The number of carboxylic acids is 1. The first-order chi connectivity index (χ1) is 19.2. The number of aromatic nitrogens is 6. The van der Waals surface area contributed by atoms with Crippen molar-refractivity contribution < 1.29 is 15.0 Å². The van der Waals surface area contributed by atoms with E-state index in [4.69, 9.17) is 0 Å². The lowest BCUT2D eigenvalue weighted by atomic mass is 10.1. The second-order valence-corrected chi connectivity index (χ2v) is 10.3. The van der Waals surface area contributed by atoms with Crippen molar-refractivity contribution in [2.45, 2.75) is 44.9 Å². The van der Waals surface area contributed by atoms with Crippen LogP contribution >= 0.6 is 0 Å². The van der Waals surface area contributed by atoms with E-state index in [9.17, 15) is 20.3 Å². The van der Waals surface area contributed by atoms with Crippen molar-refractivity contribution >= 4 is 17.7 Å². The zero-order valence-corrected chi connectivity index (χ0v) is 22.2. The van der Waals surface area contributed by atoms with E-state index in [-0.39, 0.29) is 6.54 Å². The number of hydrogen-bond acceptors (Lipinski definition) is 10. The lowest BCUT2D eigenvalue weighted by Crippen LogP contribution is -2.36. The maximum absolute atomic E-state index is 11.6. The van der Waals surface area contributed by atoms with Gasteiger partial charge in [0.15, 0.2) is 0 Å². The Bertz CT molecular complexity index is 1570. The van der Waals surface area contributed by atoms with Gasteiger partial charge in [-0.3, -0.25) is 0 Å². The van der Waals surface area contributed by atoms with Crippen LogP contribution in [0.2, 0.25) is 0 Å². The van der Waals surface area contributed by atoms with Crippen LogP contribution in [0.5, 0.6) is 0 Å². The molecule has 1 aliphatic heterocycles. The zero-order valence-electron chi connectivity index (χ0n) is 22.2. The number of rotatable bonds is 9. The Labute approximate surface area is 231 Å². The fourth-order valence-corrected chi connectivity index (χ4v) is 4.52. The van der Waals surface area contributed by atoms with E-state index in [1.165, 1.54) is 0 Å². The highest BCUT2D eigenvalue weighted by molar-refractivity contribution is 5.78. The Morgan fingerprint density at radius 1 is 1.12 bits per heavy atom. The van der Waals surface area contributed by atoms with E-state index in [1.807, 2.05) is 29.2 Å². The van der Waals surface area contributed by atoms with Crippen LogP contribution in [0.25, 0.3) is 22.6 Å². The number of pyridine rings is 1. The van der Waals surface area contributed by atoms with Crippen molar-refractivity contribution in [1.29, 1.82) is 5.26 Å². The smallest absolute Gasteiger partial charge is 0.326 e. The molecule has 12 heteroatoms. The second-order valence-electron chi connectivity index (χ2n) is 10.3. The van der Waals surface area contributed by atoms with Gasteiger partial charge in [0, 0.05) is 18.7 Å². The molecule has 40 heavy (non-hydrogen) atoms. The summed E-state index contributed by atoms with van der Waals surface area (Å²) in [6.07, 6.45) is 3.16. The monoisotopic (exact) mass is 539 g/mol. The third-order valence-electron chi connectivity index (χ3n) is 6.44. The molecule has 0 aliphatic carbocycles. The van der Waals surface area contributed by atoms with Gasteiger partial charge in [0.2, 0.25) is 5.95 Å². The number of aliphatic hydroxyl groups is 1. The summed E-state index contributed by atoms with van der Waals surface area (Å²) in [5.74, 6) is 0.0930. The molecule has 0 bridgehead atoms. The number of nitrogens with one attached hydrogen (secondary N) is 1. The summed E-state index contributed by atoms with van der Waals surface area (Å²) in [6, 6.07) is 16.0. The van der Waals surface area contributed by atoms with Crippen molar-refractivity contribution in [2.24, 2.45) is 0 Å². The largest absolute Gasteiger partial charge is 0.480 e. The summed E-state index contributed by atoms with van der Waals surface area (Å²) in [4.78, 5) is 27.3. The number of nitriles is 1. The lowest BCUT2D eigenvalue weighted by molar-refractivity contribution is -0.138. The number of anilines is 2. The molecule has 1 atom stereocenters. The highest BCUT2D eigenvalue weighted by Gasteiger charge is 2.31.